The Morgan fingerprint density at radius 2 is 2.05 bits per heavy atom. The van der Waals surface area contributed by atoms with Gasteiger partial charge in [0.1, 0.15) is 16.7 Å². The first-order chi connectivity index (χ1) is 10.3. The van der Waals surface area contributed by atoms with Crippen LogP contribution in [0.4, 0.5) is 5.69 Å². The minimum Gasteiger partial charge on any atom is -0.360 e. The number of rotatable bonds is 3. The van der Waals surface area contributed by atoms with E-state index in [4.69, 9.17) is 4.52 Å². The van der Waals surface area contributed by atoms with Crippen LogP contribution in [0.3, 0.4) is 0 Å². The molecule has 0 amide bonds. The molecule has 0 N–H and O–H groups in total. The van der Waals surface area contributed by atoms with E-state index in [0.717, 1.165) is 6.07 Å². The van der Waals surface area contributed by atoms with E-state index < -0.39 is 14.9 Å². The highest BCUT2D eigenvalue weighted by Crippen LogP contribution is 2.25. The van der Waals surface area contributed by atoms with Crippen LogP contribution in [0, 0.1) is 24.0 Å². The van der Waals surface area contributed by atoms with Crippen molar-refractivity contribution in [2.24, 2.45) is 0 Å². The number of aromatic nitrogens is 4. The highest BCUT2D eigenvalue weighted by atomic mass is 32.2. The minimum absolute atomic E-state index is 0.0994. The SMILES string of the molecule is Cc1noc(C)c1S(=O)(=O)n1nnc2cc([N+](=O)[O-])ccc21. The summed E-state index contributed by atoms with van der Waals surface area (Å²) in [5, 5.41) is 21.6. The van der Waals surface area contributed by atoms with E-state index in [9.17, 15) is 18.5 Å². The molecule has 0 saturated heterocycles. The van der Waals surface area contributed by atoms with Crippen molar-refractivity contribution in [2.75, 3.05) is 0 Å². The Labute approximate surface area is 123 Å². The van der Waals surface area contributed by atoms with Gasteiger partial charge in [-0.2, -0.15) is 8.42 Å². The Hall–Kier alpha value is -2.82. The molecule has 10 nitrogen and oxygen atoms in total. The number of nitrogens with zero attached hydrogens (tertiary/aromatic N) is 5. The van der Waals surface area contributed by atoms with E-state index in [-0.39, 0.29) is 33.1 Å². The van der Waals surface area contributed by atoms with Gasteiger partial charge in [0.05, 0.1) is 4.92 Å². The Morgan fingerprint density at radius 3 is 2.64 bits per heavy atom. The minimum atomic E-state index is -4.06. The Balaban J connectivity index is 2.25. The summed E-state index contributed by atoms with van der Waals surface area (Å²) in [7, 11) is -4.06. The number of hydrogen-bond donors (Lipinski definition) is 0. The van der Waals surface area contributed by atoms with Crippen LogP contribution in [0.15, 0.2) is 27.6 Å². The highest BCUT2D eigenvalue weighted by molar-refractivity contribution is 7.90. The molecule has 0 spiro atoms. The molecule has 3 rings (SSSR count). The van der Waals surface area contributed by atoms with Crippen molar-refractivity contribution in [3.8, 4) is 0 Å². The number of aryl methyl sites for hydroxylation is 2. The molecule has 11 heteroatoms. The van der Waals surface area contributed by atoms with Gasteiger partial charge in [0.15, 0.2) is 10.7 Å². The summed E-state index contributed by atoms with van der Waals surface area (Å²) in [5.74, 6) is 0.128. The third-order valence-electron chi connectivity index (χ3n) is 3.06. The molecule has 0 atom stereocenters. The van der Waals surface area contributed by atoms with Gasteiger partial charge in [0, 0.05) is 12.1 Å². The summed E-state index contributed by atoms with van der Waals surface area (Å²) in [6.07, 6.45) is 0. The van der Waals surface area contributed by atoms with Gasteiger partial charge >= 0.3 is 0 Å². The monoisotopic (exact) mass is 323 g/mol. The summed E-state index contributed by atoms with van der Waals surface area (Å²) in [5.41, 5.74) is 0.229. The van der Waals surface area contributed by atoms with Gasteiger partial charge in [-0.3, -0.25) is 10.1 Å². The average molecular weight is 323 g/mol. The van der Waals surface area contributed by atoms with Crippen molar-refractivity contribution >= 4 is 26.7 Å². The maximum atomic E-state index is 12.7. The number of nitro groups is 1. The summed E-state index contributed by atoms with van der Waals surface area (Å²) in [6, 6.07) is 3.62. The van der Waals surface area contributed by atoms with Crippen LogP contribution in [0.5, 0.6) is 0 Å². The fourth-order valence-corrected chi connectivity index (χ4v) is 3.64. The van der Waals surface area contributed by atoms with Gasteiger partial charge in [0.25, 0.3) is 15.7 Å². The van der Waals surface area contributed by atoms with Crippen LogP contribution in [0.2, 0.25) is 0 Å². The van der Waals surface area contributed by atoms with Gasteiger partial charge in [-0.25, -0.2) is 0 Å². The first-order valence-corrected chi connectivity index (χ1v) is 7.44. The Kier molecular flexibility index (Phi) is 2.95. The maximum Gasteiger partial charge on any atom is 0.290 e. The second-order valence-corrected chi connectivity index (χ2v) is 6.23. The number of hydrogen-bond acceptors (Lipinski definition) is 8. The molecule has 0 radical (unpaired) electrons. The molecular formula is C11H9N5O5S. The lowest BCUT2D eigenvalue weighted by molar-refractivity contribution is -0.384. The van der Waals surface area contributed by atoms with Crippen molar-refractivity contribution < 1.29 is 17.9 Å². The first kappa shape index (κ1) is 14.1. The van der Waals surface area contributed by atoms with Crippen LogP contribution >= 0.6 is 0 Å². The van der Waals surface area contributed by atoms with E-state index in [1.165, 1.54) is 26.0 Å². The third-order valence-corrected chi connectivity index (χ3v) is 4.89. The fraction of sp³-hybridized carbons (Fsp3) is 0.182. The average Bonchev–Trinajstić information content (AvgIpc) is 3.02. The summed E-state index contributed by atoms with van der Waals surface area (Å²) >= 11 is 0. The Morgan fingerprint density at radius 1 is 1.32 bits per heavy atom. The van der Waals surface area contributed by atoms with Crippen molar-refractivity contribution in [3.63, 3.8) is 0 Å². The van der Waals surface area contributed by atoms with Crippen LogP contribution in [-0.2, 0) is 10.0 Å². The molecule has 0 bridgehead atoms. The molecular weight excluding hydrogens is 314 g/mol. The highest BCUT2D eigenvalue weighted by Gasteiger charge is 2.29. The number of non-ortho nitro benzene ring substituents is 1. The van der Waals surface area contributed by atoms with Crippen LogP contribution < -0.4 is 0 Å². The largest absolute Gasteiger partial charge is 0.360 e. The number of benzene rings is 1. The van der Waals surface area contributed by atoms with Crippen molar-refractivity contribution in [1.82, 2.24) is 19.6 Å². The molecule has 3 aromatic rings. The van der Waals surface area contributed by atoms with E-state index in [1.54, 1.807) is 0 Å². The van der Waals surface area contributed by atoms with Crippen LogP contribution in [-0.4, -0.2) is 32.9 Å². The van der Waals surface area contributed by atoms with Gasteiger partial charge < -0.3 is 4.52 Å². The van der Waals surface area contributed by atoms with Gasteiger partial charge in [-0.1, -0.05) is 10.4 Å². The number of nitro benzene ring substituents is 1. The fourth-order valence-electron chi connectivity index (χ4n) is 2.11. The summed E-state index contributed by atoms with van der Waals surface area (Å²) in [4.78, 5) is 10.0. The zero-order valence-corrected chi connectivity index (χ0v) is 12.2. The Bertz CT molecular complexity index is 984. The quantitative estimate of drug-likeness (QED) is 0.518. The zero-order chi connectivity index (χ0) is 16.1. The van der Waals surface area contributed by atoms with Gasteiger partial charge in [-0.05, 0) is 19.9 Å². The molecule has 0 aliphatic rings. The first-order valence-electron chi connectivity index (χ1n) is 6.00. The predicted octanol–water partition coefficient (Wildman–Crippen LogP) is 1.18. The topological polar surface area (TPSA) is 134 Å². The molecule has 0 fully saturated rings. The second kappa shape index (κ2) is 4.59. The summed E-state index contributed by atoms with van der Waals surface area (Å²) in [6.45, 7) is 2.96. The van der Waals surface area contributed by atoms with Crippen molar-refractivity contribution in [2.45, 2.75) is 18.7 Å². The lowest BCUT2D eigenvalue weighted by Crippen LogP contribution is -2.16. The zero-order valence-electron chi connectivity index (χ0n) is 11.4. The molecule has 114 valence electrons. The third kappa shape index (κ3) is 1.94. The molecule has 0 unspecified atom stereocenters. The van der Waals surface area contributed by atoms with Gasteiger partial charge in [-0.15, -0.1) is 9.19 Å². The second-order valence-electron chi connectivity index (χ2n) is 4.52. The van der Waals surface area contributed by atoms with E-state index in [2.05, 4.69) is 15.5 Å². The summed E-state index contributed by atoms with van der Waals surface area (Å²) < 4.78 is 30.9. The predicted molar refractivity (Wildman–Crippen MR) is 72.7 cm³/mol. The van der Waals surface area contributed by atoms with E-state index in [0.29, 0.717) is 4.09 Å². The lowest BCUT2D eigenvalue weighted by Gasteiger charge is -2.03. The van der Waals surface area contributed by atoms with E-state index in [1.807, 2.05) is 0 Å². The number of fused-ring (bicyclic) bond motifs is 1. The molecule has 2 aromatic heterocycles. The smallest absolute Gasteiger partial charge is 0.290 e. The van der Waals surface area contributed by atoms with Crippen molar-refractivity contribution in [3.05, 3.63) is 39.8 Å². The molecule has 2 heterocycles. The van der Waals surface area contributed by atoms with Crippen LogP contribution in [0.1, 0.15) is 11.5 Å². The molecule has 1 aromatic carbocycles. The van der Waals surface area contributed by atoms with Crippen molar-refractivity contribution in [1.29, 1.82) is 0 Å². The molecule has 22 heavy (non-hydrogen) atoms. The van der Waals surface area contributed by atoms with E-state index >= 15 is 0 Å². The molecule has 0 aliphatic carbocycles. The standard InChI is InChI=1S/C11H9N5O5S/c1-6-11(7(2)21-13-6)22(19,20)15-10-4-3-8(16(17)18)5-9(10)12-14-15/h3-5H,1-2H3. The normalized spacial score (nSPS) is 11.9. The maximum absolute atomic E-state index is 12.7. The molecule has 0 aliphatic heterocycles. The van der Waals surface area contributed by atoms with Crippen LogP contribution in [0.25, 0.3) is 11.0 Å². The molecule has 0 saturated carbocycles. The van der Waals surface area contributed by atoms with Gasteiger partial charge in [0.2, 0.25) is 0 Å². The lowest BCUT2D eigenvalue weighted by atomic mass is 10.3.